The van der Waals surface area contributed by atoms with Gasteiger partial charge in [-0.3, -0.25) is 0 Å². The molecule has 0 N–H and O–H groups in total. The Labute approximate surface area is 91.9 Å². The molecule has 0 amide bonds. The molecule has 1 unspecified atom stereocenters. The van der Waals surface area contributed by atoms with E-state index in [4.69, 9.17) is 0 Å². The third kappa shape index (κ3) is 1.90. The topological polar surface area (TPSA) is 0 Å². The van der Waals surface area contributed by atoms with Crippen molar-refractivity contribution in [3.63, 3.8) is 0 Å². The number of aryl methyl sites for hydroxylation is 1. The minimum atomic E-state index is 0.648. The monoisotopic (exact) mass is 198 g/mol. The quantitative estimate of drug-likeness (QED) is 0.658. The molecule has 0 aliphatic carbocycles. The van der Waals surface area contributed by atoms with Crippen LogP contribution in [0, 0.1) is 6.92 Å². The molecular formula is C15H18. The van der Waals surface area contributed by atoms with Crippen LogP contribution in [0.2, 0.25) is 0 Å². The fourth-order valence-electron chi connectivity index (χ4n) is 2.12. The lowest BCUT2D eigenvalue weighted by molar-refractivity contribution is 0.739. The average Bonchev–Trinajstić information content (AvgIpc) is 2.26. The van der Waals surface area contributed by atoms with E-state index in [1.54, 1.807) is 0 Å². The molecule has 0 fully saturated rings. The van der Waals surface area contributed by atoms with Gasteiger partial charge in [-0.05, 0) is 35.6 Å². The highest BCUT2D eigenvalue weighted by atomic mass is 14.1. The summed E-state index contributed by atoms with van der Waals surface area (Å²) in [6, 6.07) is 13.3. The van der Waals surface area contributed by atoms with Crippen LogP contribution < -0.4 is 0 Å². The molecule has 0 saturated carbocycles. The molecule has 2 aromatic carbocycles. The van der Waals surface area contributed by atoms with Gasteiger partial charge in [-0.25, -0.2) is 0 Å². The third-order valence-electron chi connectivity index (χ3n) is 3.18. The summed E-state index contributed by atoms with van der Waals surface area (Å²) in [7, 11) is 0. The molecule has 0 nitrogen and oxygen atoms in total. The summed E-state index contributed by atoms with van der Waals surface area (Å²) >= 11 is 0. The van der Waals surface area contributed by atoms with Gasteiger partial charge in [-0.2, -0.15) is 0 Å². The van der Waals surface area contributed by atoms with Crippen molar-refractivity contribution in [2.24, 2.45) is 0 Å². The van der Waals surface area contributed by atoms with Crippen LogP contribution in [-0.2, 0) is 0 Å². The van der Waals surface area contributed by atoms with Crippen LogP contribution in [0.25, 0.3) is 10.8 Å². The van der Waals surface area contributed by atoms with Gasteiger partial charge in [0.05, 0.1) is 0 Å². The van der Waals surface area contributed by atoms with Crippen molar-refractivity contribution in [1.29, 1.82) is 0 Å². The van der Waals surface area contributed by atoms with E-state index in [2.05, 4.69) is 57.2 Å². The van der Waals surface area contributed by atoms with Gasteiger partial charge in [0, 0.05) is 0 Å². The summed E-state index contributed by atoms with van der Waals surface area (Å²) in [6.07, 6.45) is 1.20. The molecule has 0 aliphatic heterocycles. The van der Waals surface area contributed by atoms with Crippen LogP contribution in [0.3, 0.4) is 0 Å². The van der Waals surface area contributed by atoms with Crippen LogP contribution in [0.1, 0.15) is 37.3 Å². The Hall–Kier alpha value is -1.30. The van der Waals surface area contributed by atoms with Crippen molar-refractivity contribution in [3.8, 4) is 0 Å². The first-order valence-corrected chi connectivity index (χ1v) is 5.71. The van der Waals surface area contributed by atoms with Crippen LogP contribution in [0.5, 0.6) is 0 Å². The van der Waals surface area contributed by atoms with Crippen molar-refractivity contribution >= 4 is 10.8 Å². The summed E-state index contributed by atoms with van der Waals surface area (Å²) in [4.78, 5) is 0. The minimum Gasteiger partial charge on any atom is -0.0648 e. The second kappa shape index (κ2) is 4.06. The second-order valence-corrected chi connectivity index (χ2v) is 4.38. The molecule has 1 atom stereocenters. The number of hydrogen-bond acceptors (Lipinski definition) is 0. The van der Waals surface area contributed by atoms with E-state index in [0.717, 1.165) is 0 Å². The summed E-state index contributed by atoms with van der Waals surface area (Å²) in [6.45, 7) is 6.74. The molecule has 0 bridgehead atoms. The summed E-state index contributed by atoms with van der Waals surface area (Å²) in [5.41, 5.74) is 2.86. The standard InChI is InChI=1S/C15H18/c1-4-12(3)15-10-11(2)9-13-7-5-6-8-14(13)15/h5-10,12H,4H2,1-3H3. The Kier molecular flexibility index (Phi) is 2.77. The van der Waals surface area contributed by atoms with E-state index in [-0.39, 0.29) is 0 Å². The lowest BCUT2D eigenvalue weighted by Gasteiger charge is -2.13. The molecule has 15 heavy (non-hydrogen) atoms. The minimum absolute atomic E-state index is 0.648. The molecule has 78 valence electrons. The number of rotatable bonds is 2. The normalized spacial score (nSPS) is 13.0. The molecule has 0 radical (unpaired) electrons. The average molecular weight is 198 g/mol. The van der Waals surface area contributed by atoms with Gasteiger partial charge in [0.2, 0.25) is 0 Å². The molecule has 2 aromatic rings. The van der Waals surface area contributed by atoms with Gasteiger partial charge < -0.3 is 0 Å². The SMILES string of the molecule is CCC(C)c1cc(C)cc2ccccc12. The second-order valence-electron chi connectivity index (χ2n) is 4.38. The third-order valence-corrected chi connectivity index (χ3v) is 3.18. The van der Waals surface area contributed by atoms with Gasteiger partial charge in [-0.1, -0.05) is 55.8 Å². The fraction of sp³-hybridized carbons (Fsp3) is 0.333. The Morgan fingerprint density at radius 3 is 2.60 bits per heavy atom. The predicted molar refractivity (Wildman–Crippen MR) is 67.4 cm³/mol. The van der Waals surface area contributed by atoms with Crippen molar-refractivity contribution < 1.29 is 0 Å². The molecule has 0 aliphatic rings. The van der Waals surface area contributed by atoms with Crippen molar-refractivity contribution in [2.45, 2.75) is 33.1 Å². The van der Waals surface area contributed by atoms with E-state index in [0.29, 0.717) is 5.92 Å². The maximum absolute atomic E-state index is 2.33. The van der Waals surface area contributed by atoms with Crippen LogP contribution in [0.4, 0.5) is 0 Å². The Morgan fingerprint density at radius 1 is 1.13 bits per heavy atom. The van der Waals surface area contributed by atoms with E-state index >= 15 is 0 Å². The van der Waals surface area contributed by atoms with Gasteiger partial charge in [0.1, 0.15) is 0 Å². The molecule has 0 heterocycles. The molecule has 0 spiro atoms. The zero-order valence-electron chi connectivity index (χ0n) is 9.75. The van der Waals surface area contributed by atoms with Crippen LogP contribution in [-0.4, -0.2) is 0 Å². The Morgan fingerprint density at radius 2 is 1.87 bits per heavy atom. The summed E-state index contributed by atoms with van der Waals surface area (Å²) in [5, 5.41) is 2.78. The van der Waals surface area contributed by atoms with Crippen molar-refractivity contribution in [2.75, 3.05) is 0 Å². The molecule has 0 aromatic heterocycles. The van der Waals surface area contributed by atoms with E-state index in [9.17, 15) is 0 Å². The smallest absolute Gasteiger partial charge is 0.0149 e. The maximum atomic E-state index is 2.33. The zero-order valence-corrected chi connectivity index (χ0v) is 9.75. The summed E-state index contributed by atoms with van der Waals surface area (Å²) in [5.74, 6) is 0.648. The van der Waals surface area contributed by atoms with Gasteiger partial charge >= 0.3 is 0 Å². The van der Waals surface area contributed by atoms with Gasteiger partial charge in [0.15, 0.2) is 0 Å². The summed E-state index contributed by atoms with van der Waals surface area (Å²) < 4.78 is 0. The largest absolute Gasteiger partial charge is 0.0648 e. The zero-order chi connectivity index (χ0) is 10.8. The number of fused-ring (bicyclic) bond motifs is 1. The first kappa shape index (κ1) is 10.2. The van der Waals surface area contributed by atoms with Crippen molar-refractivity contribution in [1.82, 2.24) is 0 Å². The highest BCUT2D eigenvalue weighted by Gasteiger charge is 2.07. The maximum Gasteiger partial charge on any atom is -0.0149 e. The Balaban J connectivity index is 2.71. The van der Waals surface area contributed by atoms with E-state index < -0.39 is 0 Å². The Bertz CT molecular complexity index is 468. The molecule has 0 saturated heterocycles. The van der Waals surface area contributed by atoms with E-state index in [1.165, 1.54) is 28.3 Å². The fourth-order valence-corrected chi connectivity index (χ4v) is 2.12. The van der Waals surface area contributed by atoms with Crippen LogP contribution in [0.15, 0.2) is 36.4 Å². The molecule has 0 heteroatoms. The van der Waals surface area contributed by atoms with Crippen LogP contribution >= 0.6 is 0 Å². The number of hydrogen-bond donors (Lipinski definition) is 0. The van der Waals surface area contributed by atoms with Gasteiger partial charge in [-0.15, -0.1) is 0 Å². The first-order chi connectivity index (χ1) is 7.22. The molecule has 2 rings (SSSR count). The first-order valence-electron chi connectivity index (χ1n) is 5.71. The predicted octanol–water partition coefficient (Wildman–Crippen LogP) is 4.66. The highest BCUT2D eigenvalue weighted by molar-refractivity contribution is 5.86. The molecular weight excluding hydrogens is 180 g/mol. The number of benzene rings is 2. The highest BCUT2D eigenvalue weighted by Crippen LogP contribution is 2.28. The lowest BCUT2D eigenvalue weighted by Crippen LogP contribution is -1.93. The van der Waals surface area contributed by atoms with E-state index in [1.807, 2.05) is 0 Å². The lowest BCUT2D eigenvalue weighted by atomic mass is 9.91. The van der Waals surface area contributed by atoms with Crippen molar-refractivity contribution in [3.05, 3.63) is 47.5 Å². The van der Waals surface area contributed by atoms with Gasteiger partial charge in [0.25, 0.3) is 0 Å².